The van der Waals surface area contributed by atoms with E-state index in [1.165, 1.54) is 0 Å². The largest absolute Gasteiger partial charge is 0.389 e. The fourth-order valence-corrected chi connectivity index (χ4v) is 0.417. The van der Waals surface area contributed by atoms with Crippen molar-refractivity contribution in [2.45, 2.75) is 19.0 Å². The average Bonchev–Trinajstić information content (AvgIpc) is 1.59. The summed E-state index contributed by atoms with van der Waals surface area (Å²) in [4.78, 5) is 0. The van der Waals surface area contributed by atoms with E-state index in [9.17, 15) is 13.2 Å². The van der Waals surface area contributed by atoms with Gasteiger partial charge in [-0.1, -0.05) is 12.6 Å². The third kappa shape index (κ3) is 6.14. The molecule has 0 atom stereocenters. The van der Waals surface area contributed by atoms with Gasteiger partial charge in [-0.15, -0.1) is 0 Å². The van der Waals surface area contributed by atoms with E-state index in [-0.39, 0.29) is 12.2 Å². The van der Waals surface area contributed by atoms with Crippen LogP contribution >= 0.6 is 12.6 Å². The summed E-state index contributed by atoms with van der Waals surface area (Å²) in [6.07, 6.45) is -4.69. The molecule has 0 aliphatic heterocycles. The zero-order valence-electron chi connectivity index (χ0n) is 4.16. The van der Waals surface area contributed by atoms with Gasteiger partial charge >= 0.3 is 6.18 Å². The second-order valence-corrected chi connectivity index (χ2v) is 1.83. The molecule has 0 N–H and O–H groups in total. The number of rotatable bonds is 2. The molecule has 1 radical (unpaired) electrons. The standard InChI is InChI=1S/C4H6F3S/c5-4(6,7)2-1-3-8/h1-3H2. The SMILES string of the molecule is FC(F)(F)CCC[S]. The Balaban J connectivity index is 3.11. The number of hydrogen-bond acceptors (Lipinski definition) is 0. The highest BCUT2D eigenvalue weighted by molar-refractivity contribution is 7.80. The van der Waals surface area contributed by atoms with Gasteiger partial charge in [-0.3, -0.25) is 0 Å². The van der Waals surface area contributed by atoms with Crippen LogP contribution in [-0.2, 0) is 0 Å². The van der Waals surface area contributed by atoms with Crippen molar-refractivity contribution < 1.29 is 13.2 Å². The minimum atomic E-state index is -4.02. The molecule has 0 spiro atoms. The maximum atomic E-state index is 11.2. The smallest absolute Gasteiger partial charge is 0.171 e. The van der Waals surface area contributed by atoms with E-state index in [0.29, 0.717) is 0 Å². The molecule has 0 fully saturated rings. The third-order valence-electron chi connectivity index (χ3n) is 0.605. The second kappa shape index (κ2) is 3.22. The normalized spacial score (nSPS) is 12.0. The molecule has 0 aromatic carbocycles. The maximum Gasteiger partial charge on any atom is 0.389 e. The molecule has 0 bridgehead atoms. The van der Waals surface area contributed by atoms with Crippen LogP contribution in [0.2, 0.25) is 0 Å². The average molecular weight is 143 g/mol. The van der Waals surface area contributed by atoms with Gasteiger partial charge in [0, 0.05) is 12.2 Å². The van der Waals surface area contributed by atoms with E-state index in [1.54, 1.807) is 0 Å². The van der Waals surface area contributed by atoms with Gasteiger partial charge in [-0.2, -0.15) is 13.2 Å². The predicted molar refractivity (Wildman–Crippen MR) is 27.7 cm³/mol. The van der Waals surface area contributed by atoms with Crippen LogP contribution in [0, 0.1) is 0 Å². The van der Waals surface area contributed by atoms with Crippen molar-refractivity contribution in [2.75, 3.05) is 5.75 Å². The van der Waals surface area contributed by atoms with E-state index in [0.717, 1.165) is 0 Å². The van der Waals surface area contributed by atoms with Crippen molar-refractivity contribution in [2.24, 2.45) is 0 Å². The lowest BCUT2D eigenvalue weighted by Gasteiger charge is -2.01. The van der Waals surface area contributed by atoms with Gasteiger partial charge < -0.3 is 0 Å². The fourth-order valence-electron chi connectivity index (χ4n) is 0.273. The van der Waals surface area contributed by atoms with Gasteiger partial charge in [0.05, 0.1) is 0 Å². The van der Waals surface area contributed by atoms with Gasteiger partial charge in [-0.05, 0) is 6.42 Å². The summed E-state index contributed by atoms with van der Waals surface area (Å²) in [5.41, 5.74) is 0. The molecule has 0 aliphatic rings. The quantitative estimate of drug-likeness (QED) is 0.557. The minimum Gasteiger partial charge on any atom is -0.171 e. The van der Waals surface area contributed by atoms with Gasteiger partial charge in [-0.25, -0.2) is 0 Å². The molecule has 0 aliphatic carbocycles. The zero-order chi connectivity index (χ0) is 6.62. The number of hydrogen-bond donors (Lipinski definition) is 0. The lowest BCUT2D eigenvalue weighted by atomic mass is 10.3. The van der Waals surface area contributed by atoms with Crippen LogP contribution in [0.5, 0.6) is 0 Å². The van der Waals surface area contributed by atoms with Crippen LogP contribution in [0.3, 0.4) is 0 Å². The van der Waals surface area contributed by atoms with Crippen molar-refractivity contribution in [3.8, 4) is 0 Å². The Morgan fingerprint density at radius 3 is 1.88 bits per heavy atom. The van der Waals surface area contributed by atoms with Gasteiger partial charge in [0.25, 0.3) is 0 Å². The Labute approximate surface area is 51.5 Å². The highest BCUT2D eigenvalue weighted by Crippen LogP contribution is 2.20. The summed E-state index contributed by atoms with van der Waals surface area (Å²) in [7, 11) is 0. The zero-order valence-corrected chi connectivity index (χ0v) is 4.98. The highest BCUT2D eigenvalue weighted by Gasteiger charge is 2.25. The molecule has 0 nitrogen and oxygen atoms in total. The summed E-state index contributed by atoms with van der Waals surface area (Å²) in [6, 6.07) is 0. The third-order valence-corrected chi connectivity index (χ3v) is 0.893. The summed E-state index contributed by atoms with van der Waals surface area (Å²) in [5.74, 6) is 0.194. The van der Waals surface area contributed by atoms with Crippen LogP contribution in [-0.4, -0.2) is 11.9 Å². The molecule has 0 saturated carbocycles. The van der Waals surface area contributed by atoms with Gasteiger partial charge in [0.2, 0.25) is 0 Å². The van der Waals surface area contributed by atoms with Crippen LogP contribution in [0.25, 0.3) is 0 Å². The molecule has 0 saturated heterocycles. The summed E-state index contributed by atoms with van der Waals surface area (Å²) in [6.45, 7) is 0. The van der Waals surface area contributed by atoms with E-state index in [1.807, 2.05) is 0 Å². The van der Waals surface area contributed by atoms with E-state index in [2.05, 4.69) is 12.6 Å². The Kier molecular flexibility index (Phi) is 3.28. The van der Waals surface area contributed by atoms with Crippen molar-refractivity contribution in [3.05, 3.63) is 0 Å². The maximum absolute atomic E-state index is 11.2. The molecule has 0 heterocycles. The fraction of sp³-hybridized carbons (Fsp3) is 1.00. The first-order valence-corrected chi connectivity index (χ1v) is 2.79. The van der Waals surface area contributed by atoms with Gasteiger partial charge in [0.1, 0.15) is 0 Å². The Morgan fingerprint density at radius 2 is 1.75 bits per heavy atom. The van der Waals surface area contributed by atoms with Crippen molar-refractivity contribution in [3.63, 3.8) is 0 Å². The summed E-state index contributed by atoms with van der Waals surface area (Å²) >= 11 is 4.32. The lowest BCUT2D eigenvalue weighted by molar-refractivity contribution is -0.134. The first-order chi connectivity index (χ1) is 3.56. The molecular formula is C4H6F3S. The Hall–Kier alpha value is 0.140. The monoisotopic (exact) mass is 143 g/mol. The molecule has 4 heteroatoms. The number of alkyl halides is 3. The Morgan fingerprint density at radius 1 is 1.25 bits per heavy atom. The van der Waals surface area contributed by atoms with E-state index < -0.39 is 12.6 Å². The predicted octanol–water partition coefficient (Wildman–Crippen LogP) is 2.53. The lowest BCUT2D eigenvalue weighted by Crippen LogP contribution is -2.06. The second-order valence-electron chi connectivity index (χ2n) is 1.42. The first kappa shape index (κ1) is 8.14. The number of halogens is 3. The highest BCUT2D eigenvalue weighted by atomic mass is 32.1. The van der Waals surface area contributed by atoms with Crippen molar-refractivity contribution >= 4 is 12.6 Å². The van der Waals surface area contributed by atoms with Gasteiger partial charge in [0.15, 0.2) is 0 Å². The summed E-state index contributed by atoms with van der Waals surface area (Å²) in [5, 5.41) is 0. The van der Waals surface area contributed by atoms with Crippen molar-refractivity contribution in [1.29, 1.82) is 0 Å². The molecule has 8 heavy (non-hydrogen) atoms. The topological polar surface area (TPSA) is 0 Å². The molecule has 0 unspecified atom stereocenters. The molecule has 0 aromatic rings. The minimum absolute atomic E-state index is 0.0683. The van der Waals surface area contributed by atoms with Crippen LogP contribution in [0.1, 0.15) is 12.8 Å². The van der Waals surface area contributed by atoms with Crippen LogP contribution < -0.4 is 0 Å². The van der Waals surface area contributed by atoms with Crippen LogP contribution in [0.15, 0.2) is 0 Å². The molecule has 0 amide bonds. The molecule has 0 aromatic heterocycles. The van der Waals surface area contributed by atoms with E-state index in [4.69, 9.17) is 0 Å². The molecular weight excluding hydrogens is 137 g/mol. The molecule has 49 valence electrons. The summed E-state index contributed by atoms with van der Waals surface area (Å²) < 4.78 is 33.6. The first-order valence-electron chi connectivity index (χ1n) is 2.21. The Bertz CT molecular complexity index is 58.8. The van der Waals surface area contributed by atoms with E-state index >= 15 is 0 Å². The van der Waals surface area contributed by atoms with Crippen molar-refractivity contribution in [1.82, 2.24) is 0 Å². The van der Waals surface area contributed by atoms with Crippen LogP contribution in [0.4, 0.5) is 13.2 Å². The molecule has 0 rings (SSSR count).